The number of hydrogen-bond acceptors (Lipinski definition) is 5. The Labute approximate surface area is 194 Å². The van der Waals surface area contributed by atoms with Crippen LogP contribution in [0.1, 0.15) is 96.8 Å². The minimum atomic E-state index is 0.0526. The Balaban J connectivity index is 1.11. The van der Waals surface area contributed by atoms with Gasteiger partial charge in [0.25, 0.3) is 0 Å². The fourth-order valence-electron chi connectivity index (χ4n) is 6.93. The van der Waals surface area contributed by atoms with Gasteiger partial charge in [-0.3, -0.25) is 9.59 Å². The zero-order valence-electron chi connectivity index (χ0n) is 20.4. The van der Waals surface area contributed by atoms with Crippen LogP contribution in [0.2, 0.25) is 0 Å². The standard InChI is InChI=1S/C27H45NO4/c1-18(29)21-7-8-23-16-26(12-9-22(23)15-21)31-17-19-3-5-20(6-4-19)27(30)32-25-13-10-24(28-2)11-14-25/h19-26,28H,3-17H2,1-2H3. The van der Waals surface area contributed by atoms with E-state index in [4.69, 9.17) is 9.47 Å². The van der Waals surface area contributed by atoms with Crippen LogP contribution in [0, 0.1) is 29.6 Å². The van der Waals surface area contributed by atoms with E-state index in [1.807, 2.05) is 7.05 Å². The van der Waals surface area contributed by atoms with Gasteiger partial charge in [-0.1, -0.05) is 0 Å². The summed E-state index contributed by atoms with van der Waals surface area (Å²) in [5.41, 5.74) is 0. The van der Waals surface area contributed by atoms with E-state index >= 15 is 0 Å². The lowest BCUT2D eigenvalue weighted by molar-refractivity contribution is -0.157. The van der Waals surface area contributed by atoms with E-state index in [1.54, 1.807) is 6.92 Å². The normalized spacial score (nSPS) is 40.3. The molecule has 4 aliphatic carbocycles. The molecule has 4 unspecified atom stereocenters. The summed E-state index contributed by atoms with van der Waals surface area (Å²) in [4.78, 5) is 24.4. The van der Waals surface area contributed by atoms with Crippen LogP contribution >= 0.6 is 0 Å². The van der Waals surface area contributed by atoms with Gasteiger partial charge in [-0.15, -0.1) is 0 Å². The summed E-state index contributed by atoms with van der Waals surface area (Å²) in [5, 5.41) is 3.34. The zero-order chi connectivity index (χ0) is 22.5. The third-order valence-corrected chi connectivity index (χ3v) is 9.25. The molecule has 4 rings (SSSR count). The van der Waals surface area contributed by atoms with E-state index in [-0.39, 0.29) is 18.0 Å². The van der Waals surface area contributed by atoms with Gasteiger partial charge in [-0.2, -0.15) is 0 Å². The van der Waals surface area contributed by atoms with Crippen LogP contribution in [0.3, 0.4) is 0 Å². The molecule has 182 valence electrons. The number of hydrogen-bond donors (Lipinski definition) is 1. The van der Waals surface area contributed by atoms with Gasteiger partial charge in [-0.05, 0) is 122 Å². The minimum Gasteiger partial charge on any atom is -0.462 e. The number of rotatable bonds is 7. The molecule has 4 saturated carbocycles. The molecule has 5 nitrogen and oxygen atoms in total. The number of esters is 1. The molecule has 0 bridgehead atoms. The lowest BCUT2D eigenvalue weighted by Crippen LogP contribution is -2.37. The molecule has 4 fully saturated rings. The summed E-state index contributed by atoms with van der Waals surface area (Å²) in [6.07, 6.45) is 15.8. The van der Waals surface area contributed by atoms with Crippen molar-refractivity contribution in [2.45, 2.75) is 115 Å². The maximum Gasteiger partial charge on any atom is 0.309 e. The number of ketones is 1. The first-order chi connectivity index (χ1) is 15.5. The number of Topliss-reactive ketones (excluding diaryl/α,β-unsaturated/α-hetero) is 1. The van der Waals surface area contributed by atoms with Gasteiger partial charge in [0.05, 0.1) is 12.0 Å². The number of fused-ring (bicyclic) bond motifs is 1. The average molecular weight is 448 g/mol. The highest BCUT2D eigenvalue weighted by Crippen LogP contribution is 2.44. The minimum absolute atomic E-state index is 0.0526. The van der Waals surface area contributed by atoms with Crippen LogP contribution in [0.5, 0.6) is 0 Å². The van der Waals surface area contributed by atoms with E-state index in [2.05, 4.69) is 5.32 Å². The van der Waals surface area contributed by atoms with E-state index in [0.717, 1.165) is 89.1 Å². The molecule has 4 atom stereocenters. The van der Waals surface area contributed by atoms with E-state index < -0.39 is 0 Å². The molecule has 0 amide bonds. The van der Waals surface area contributed by atoms with Crippen molar-refractivity contribution in [1.82, 2.24) is 5.32 Å². The van der Waals surface area contributed by atoms with Crippen molar-refractivity contribution in [2.75, 3.05) is 13.7 Å². The third-order valence-electron chi connectivity index (χ3n) is 9.25. The lowest BCUT2D eigenvalue weighted by Gasteiger charge is -2.42. The highest BCUT2D eigenvalue weighted by Gasteiger charge is 2.37. The quantitative estimate of drug-likeness (QED) is 0.553. The maximum atomic E-state index is 12.6. The van der Waals surface area contributed by atoms with Crippen molar-refractivity contribution >= 4 is 11.8 Å². The molecule has 0 aliphatic heterocycles. The van der Waals surface area contributed by atoms with Crippen LogP contribution in [-0.2, 0) is 19.1 Å². The number of ether oxygens (including phenoxy) is 2. The van der Waals surface area contributed by atoms with Crippen molar-refractivity contribution in [3.8, 4) is 0 Å². The Hall–Kier alpha value is -0.940. The van der Waals surface area contributed by atoms with Gasteiger partial charge >= 0.3 is 5.97 Å². The van der Waals surface area contributed by atoms with Gasteiger partial charge in [0.1, 0.15) is 11.9 Å². The SMILES string of the molecule is CNC1CCC(OC(=O)C2CCC(COC3CCC4CC(C(C)=O)CCC4C3)CC2)CC1. The second-order valence-corrected chi connectivity index (χ2v) is 11.3. The highest BCUT2D eigenvalue weighted by molar-refractivity contribution is 5.78. The summed E-state index contributed by atoms with van der Waals surface area (Å²) in [6.45, 7) is 2.62. The van der Waals surface area contributed by atoms with Crippen LogP contribution in [0.25, 0.3) is 0 Å². The number of nitrogens with one attached hydrogen (secondary N) is 1. The predicted octanol–water partition coefficient (Wildman–Crippen LogP) is 5.06. The molecular weight excluding hydrogens is 402 g/mol. The van der Waals surface area contributed by atoms with Gasteiger partial charge in [0.15, 0.2) is 0 Å². The monoisotopic (exact) mass is 447 g/mol. The molecular formula is C27H45NO4. The van der Waals surface area contributed by atoms with Gasteiger partial charge < -0.3 is 14.8 Å². The first-order valence-electron chi connectivity index (χ1n) is 13.5. The van der Waals surface area contributed by atoms with Gasteiger partial charge in [0, 0.05) is 18.6 Å². The lowest BCUT2D eigenvalue weighted by atomic mass is 9.66. The van der Waals surface area contributed by atoms with Crippen molar-refractivity contribution < 1.29 is 19.1 Å². The molecule has 0 spiro atoms. The first-order valence-corrected chi connectivity index (χ1v) is 13.5. The highest BCUT2D eigenvalue weighted by atomic mass is 16.5. The average Bonchev–Trinajstić information content (AvgIpc) is 2.83. The summed E-state index contributed by atoms with van der Waals surface area (Å²) >= 11 is 0. The summed E-state index contributed by atoms with van der Waals surface area (Å²) < 4.78 is 12.3. The molecule has 1 N–H and O–H groups in total. The Morgan fingerprint density at radius 3 is 2.06 bits per heavy atom. The Morgan fingerprint density at radius 1 is 0.750 bits per heavy atom. The largest absolute Gasteiger partial charge is 0.462 e. The van der Waals surface area contributed by atoms with E-state index in [0.29, 0.717) is 29.8 Å². The topological polar surface area (TPSA) is 64.6 Å². The number of carbonyl (C=O) groups excluding carboxylic acids is 2. The fourth-order valence-corrected chi connectivity index (χ4v) is 6.93. The zero-order valence-corrected chi connectivity index (χ0v) is 20.4. The molecule has 0 saturated heterocycles. The molecule has 0 heterocycles. The Bertz CT molecular complexity index is 621. The van der Waals surface area contributed by atoms with Crippen molar-refractivity contribution in [3.05, 3.63) is 0 Å². The smallest absolute Gasteiger partial charge is 0.309 e. The number of carbonyl (C=O) groups is 2. The predicted molar refractivity (Wildman–Crippen MR) is 125 cm³/mol. The second-order valence-electron chi connectivity index (χ2n) is 11.3. The molecule has 0 aromatic heterocycles. The van der Waals surface area contributed by atoms with Crippen molar-refractivity contribution in [3.63, 3.8) is 0 Å². The van der Waals surface area contributed by atoms with Gasteiger partial charge in [0.2, 0.25) is 0 Å². The van der Waals surface area contributed by atoms with Crippen LogP contribution in [0.4, 0.5) is 0 Å². The Kier molecular flexibility index (Phi) is 8.67. The molecule has 0 aromatic carbocycles. The van der Waals surface area contributed by atoms with Gasteiger partial charge in [-0.25, -0.2) is 0 Å². The molecule has 5 heteroatoms. The van der Waals surface area contributed by atoms with E-state index in [1.165, 1.54) is 19.3 Å². The second kappa shape index (κ2) is 11.5. The molecule has 0 radical (unpaired) electrons. The van der Waals surface area contributed by atoms with Crippen LogP contribution in [0.15, 0.2) is 0 Å². The maximum absolute atomic E-state index is 12.6. The summed E-state index contributed by atoms with van der Waals surface area (Å²) in [6, 6.07) is 0.589. The molecule has 32 heavy (non-hydrogen) atoms. The van der Waals surface area contributed by atoms with Crippen molar-refractivity contribution in [1.29, 1.82) is 0 Å². The molecule has 4 aliphatic rings. The summed E-state index contributed by atoms with van der Waals surface area (Å²) in [7, 11) is 2.02. The van der Waals surface area contributed by atoms with E-state index in [9.17, 15) is 9.59 Å². The summed E-state index contributed by atoms with van der Waals surface area (Å²) in [5.74, 6) is 2.96. The first kappa shape index (κ1) is 24.2. The van der Waals surface area contributed by atoms with Crippen LogP contribution < -0.4 is 5.32 Å². The fraction of sp³-hybridized carbons (Fsp3) is 0.926. The van der Waals surface area contributed by atoms with Crippen molar-refractivity contribution in [2.24, 2.45) is 29.6 Å². The Morgan fingerprint density at radius 2 is 1.38 bits per heavy atom. The molecule has 0 aromatic rings. The third kappa shape index (κ3) is 6.34. The van der Waals surface area contributed by atoms with Crippen LogP contribution in [-0.4, -0.2) is 43.7 Å².